The lowest BCUT2D eigenvalue weighted by atomic mass is 10.3. The molecule has 3 heterocycles. The fraction of sp³-hybridized carbons (Fsp3) is 0.294. The number of aromatic nitrogens is 3. The van der Waals surface area contributed by atoms with Crippen molar-refractivity contribution in [3.8, 4) is 6.01 Å². The van der Waals surface area contributed by atoms with Gasteiger partial charge in [-0.25, -0.2) is 23.4 Å². The molecule has 12 heteroatoms. The number of anilines is 1. The Morgan fingerprint density at radius 3 is 2.48 bits per heavy atom. The van der Waals surface area contributed by atoms with Crippen molar-refractivity contribution in [2.45, 2.75) is 12.9 Å². The first-order valence-electron chi connectivity index (χ1n) is 8.72. The Kier molecular flexibility index (Phi) is 4.70. The number of sulfonamides is 1. The molecule has 4 rings (SSSR count). The first kappa shape index (κ1) is 18.9. The van der Waals surface area contributed by atoms with Crippen LogP contribution in [0, 0.1) is 0 Å². The van der Waals surface area contributed by atoms with E-state index in [0.29, 0.717) is 11.7 Å². The Bertz CT molecular complexity index is 1160. The molecule has 0 saturated heterocycles. The van der Waals surface area contributed by atoms with Gasteiger partial charge in [-0.05, 0) is 34.7 Å². The molecule has 0 fully saturated rings. The summed E-state index contributed by atoms with van der Waals surface area (Å²) < 4.78 is 33.1. The molecule has 0 aliphatic carbocycles. The second-order valence-corrected chi connectivity index (χ2v) is 8.35. The smallest absolute Gasteiger partial charge is 0.301 e. The van der Waals surface area contributed by atoms with E-state index in [9.17, 15) is 8.42 Å². The zero-order valence-electron chi connectivity index (χ0n) is 16.1. The molecule has 152 valence electrons. The van der Waals surface area contributed by atoms with E-state index in [1.165, 1.54) is 0 Å². The fourth-order valence-corrected chi connectivity index (χ4v) is 3.58. The SMILES string of the molecule is CN1N=NN(C)C1n1c(OCc2cccc(NS(C)(=O)=O)n2)nc2ccccc21. The molecule has 0 unspecified atom stereocenters. The number of nitrogens with one attached hydrogen (secondary N) is 1. The summed E-state index contributed by atoms with van der Waals surface area (Å²) in [6, 6.07) is 13.1. The van der Waals surface area contributed by atoms with Crippen molar-refractivity contribution in [2.24, 2.45) is 10.4 Å². The van der Waals surface area contributed by atoms with Gasteiger partial charge < -0.3 is 4.74 Å². The molecule has 29 heavy (non-hydrogen) atoms. The highest BCUT2D eigenvalue weighted by molar-refractivity contribution is 7.92. The van der Waals surface area contributed by atoms with E-state index in [2.05, 4.69) is 25.1 Å². The molecule has 2 aromatic heterocycles. The number of para-hydroxylation sites is 2. The van der Waals surface area contributed by atoms with Gasteiger partial charge in [0.2, 0.25) is 16.3 Å². The van der Waals surface area contributed by atoms with Crippen LogP contribution in [0.2, 0.25) is 0 Å². The van der Waals surface area contributed by atoms with Gasteiger partial charge in [0.25, 0.3) is 0 Å². The fourth-order valence-electron chi connectivity index (χ4n) is 3.09. The van der Waals surface area contributed by atoms with Crippen LogP contribution in [0.15, 0.2) is 52.9 Å². The average Bonchev–Trinajstić information content (AvgIpc) is 3.18. The van der Waals surface area contributed by atoms with Crippen molar-refractivity contribution in [3.05, 3.63) is 48.2 Å². The van der Waals surface area contributed by atoms with Gasteiger partial charge in [-0.15, -0.1) is 0 Å². The molecular weight excluding hydrogens is 396 g/mol. The molecule has 3 aromatic rings. The predicted octanol–water partition coefficient (Wildman–Crippen LogP) is 2.00. The van der Waals surface area contributed by atoms with Crippen LogP contribution in [0.5, 0.6) is 6.01 Å². The Hall–Kier alpha value is -3.41. The van der Waals surface area contributed by atoms with Gasteiger partial charge in [0.05, 0.1) is 23.0 Å². The van der Waals surface area contributed by atoms with Crippen LogP contribution >= 0.6 is 0 Å². The van der Waals surface area contributed by atoms with Crippen LogP contribution in [-0.2, 0) is 16.6 Å². The lowest BCUT2D eigenvalue weighted by molar-refractivity contribution is 0.0770. The number of fused-ring (bicyclic) bond motifs is 1. The van der Waals surface area contributed by atoms with E-state index in [1.54, 1.807) is 28.2 Å². The molecule has 1 aliphatic heterocycles. The van der Waals surface area contributed by atoms with Gasteiger partial charge >= 0.3 is 6.01 Å². The molecule has 0 radical (unpaired) electrons. The molecule has 0 spiro atoms. The third-order valence-electron chi connectivity index (χ3n) is 4.23. The van der Waals surface area contributed by atoms with Crippen LogP contribution in [0.3, 0.4) is 0 Å². The highest BCUT2D eigenvalue weighted by Crippen LogP contribution is 2.32. The standard InChI is InChI=1S/C17H20N8O3S/c1-23-17(24(2)22-21-23)25-14-9-5-4-8-13(14)19-16(25)28-11-12-7-6-10-15(18-12)20-29(3,26)27/h4-10,17H,11H2,1-3H3,(H,18,20). The van der Waals surface area contributed by atoms with E-state index in [0.717, 1.165) is 17.3 Å². The molecule has 1 aliphatic rings. The third kappa shape index (κ3) is 3.92. The largest absolute Gasteiger partial charge is 0.458 e. The maximum Gasteiger partial charge on any atom is 0.301 e. The summed E-state index contributed by atoms with van der Waals surface area (Å²) in [6.07, 6.45) is 0.744. The van der Waals surface area contributed by atoms with Gasteiger partial charge in [0.1, 0.15) is 12.4 Å². The topological polar surface area (TPSA) is 117 Å². The number of nitrogens with zero attached hydrogens (tertiary/aromatic N) is 7. The summed E-state index contributed by atoms with van der Waals surface area (Å²) in [7, 11) is 0.225. The maximum atomic E-state index is 11.4. The second-order valence-electron chi connectivity index (χ2n) is 6.60. The monoisotopic (exact) mass is 416 g/mol. The first-order chi connectivity index (χ1) is 13.8. The summed E-state index contributed by atoms with van der Waals surface area (Å²) >= 11 is 0. The molecule has 0 amide bonds. The number of pyridine rings is 1. The Labute approximate surface area is 167 Å². The van der Waals surface area contributed by atoms with Crippen LogP contribution in [0.1, 0.15) is 12.0 Å². The van der Waals surface area contributed by atoms with Crippen molar-refractivity contribution in [3.63, 3.8) is 0 Å². The average molecular weight is 416 g/mol. The normalized spacial score (nSPS) is 14.7. The number of rotatable bonds is 6. The van der Waals surface area contributed by atoms with Crippen molar-refractivity contribution >= 4 is 26.9 Å². The van der Waals surface area contributed by atoms with Crippen molar-refractivity contribution in [1.29, 1.82) is 0 Å². The molecule has 0 bridgehead atoms. The minimum absolute atomic E-state index is 0.108. The van der Waals surface area contributed by atoms with E-state index in [-0.39, 0.29) is 18.7 Å². The van der Waals surface area contributed by atoms with Gasteiger partial charge in [0, 0.05) is 14.1 Å². The molecule has 1 N–H and O–H groups in total. The summed E-state index contributed by atoms with van der Waals surface area (Å²) in [4.78, 5) is 8.86. The lowest BCUT2D eigenvalue weighted by Crippen LogP contribution is -2.31. The molecule has 0 saturated carbocycles. The predicted molar refractivity (Wildman–Crippen MR) is 106 cm³/mol. The Balaban J connectivity index is 1.64. The number of ether oxygens (including phenoxy) is 1. The highest BCUT2D eigenvalue weighted by atomic mass is 32.2. The van der Waals surface area contributed by atoms with Crippen molar-refractivity contribution in [2.75, 3.05) is 25.1 Å². The van der Waals surface area contributed by atoms with Gasteiger partial charge in [0.15, 0.2) is 0 Å². The summed E-state index contributed by atoms with van der Waals surface area (Å²) in [5.74, 6) is 0.231. The number of benzene rings is 1. The van der Waals surface area contributed by atoms with E-state index in [4.69, 9.17) is 4.74 Å². The second kappa shape index (κ2) is 7.20. The maximum absolute atomic E-state index is 11.4. The molecule has 0 atom stereocenters. The highest BCUT2D eigenvalue weighted by Gasteiger charge is 2.30. The first-order valence-corrected chi connectivity index (χ1v) is 10.6. The molecular formula is C17H20N8O3S. The van der Waals surface area contributed by atoms with Crippen LogP contribution in [-0.4, -0.2) is 53.3 Å². The Morgan fingerprint density at radius 1 is 1.03 bits per heavy atom. The number of imidazole rings is 1. The zero-order chi connectivity index (χ0) is 20.6. The van der Waals surface area contributed by atoms with Gasteiger partial charge in [-0.3, -0.25) is 9.29 Å². The summed E-state index contributed by atoms with van der Waals surface area (Å²) in [5, 5.41) is 11.5. The number of hydrogen-bond acceptors (Lipinski definition) is 9. The molecule has 1 aromatic carbocycles. The van der Waals surface area contributed by atoms with Crippen molar-refractivity contribution in [1.82, 2.24) is 24.6 Å². The lowest BCUT2D eigenvalue weighted by Gasteiger charge is -2.25. The van der Waals surface area contributed by atoms with E-state index in [1.807, 2.05) is 42.9 Å². The summed E-state index contributed by atoms with van der Waals surface area (Å²) in [6.45, 7) is 0.108. The van der Waals surface area contributed by atoms with Crippen LogP contribution in [0.4, 0.5) is 5.82 Å². The van der Waals surface area contributed by atoms with Crippen LogP contribution in [0.25, 0.3) is 11.0 Å². The third-order valence-corrected chi connectivity index (χ3v) is 4.81. The van der Waals surface area contributed by atoms with Gasteiger partial charge in [-0.1, -0.05) is 18.2 Å². The Morgan fingerprint density at radius 2 is 1.76 bits per heavy atom. The molecule has 11 nitrogen and oxygen atoms in total. The summed E-state index contributed by atoms with van der Waals surface area (Å²) in [5.41, 5.74) is 2.20. The zero-order valence-corrected chi connectivity index (χ0v) is 16.9. The minimum atomic E-state index is -3.41. The van der Waals surface area contributed by atoms with E-state index >= 15 is 0 Å². The minimum Gasteiger partial charge on any atom is -0.458 e. The number of hydrogen-bond donors (Lipinski definition) is 1. The van der Waals surface area contributed by atoms with Crippen LogP contribution < -0.4 is 9.46 Å². The van der Waals surface area contributed by atoms with Gasteiger partial charge in [-0.2, -0.15) is 4.98 Å². The van der Waals surface area contributed by atoms with E-state index < -0.39 is 10.0 Å². The quantitative estimate of drug-likeness (QED) is 0.653. The van der Waals surface area contributed by atoms with Crippen molar-refractivity contribution < 1.29 is 13.2 Å².